The summed E-state index contributed by atoms with van der Waals surface area (Å²) in [6, 6.07) is 6.41. The fraction of sp³-hybridized carbons (Fsp3) is 0.720. The van der Waals surface area contributed by atoms with Gasteiger partial charge in [0.25, 0.3) is 0 Å². The quantitative estimate of drug-likeness (QED) is 0.649. The zero-order valence-corrected chi connectivity index (χ0v) is 19.1. The maximum atomic E-state index is 13.9. The van der Waals surface area contributed by atoms with E-state index >= 15 is 0 Å². The molecule has 1 N–H and O–H groups in total. The largest absolute Gasteiger partial charge is 0.497 e. The summed E-state index contributed by atoms with van der Waals surface area (Å²) in [6.45, 7) is 1.55. The van der Waals surface area contributed by atoms with Crippen LogP contribution >= 0.6 is 0 Å². The molecule has 0 bridgehead atoms. The Labute approximate surface area is 186 Å². The Morgan fingerprint density at radius 3 is 2.61 bits per heavy atom. The van der Waals surface area contributed by atoms with Gasteiger partial charge >= 0.3 is 0 Å². The lowest BCUT2D eigenvalue weighted by atomic mass is 9.78. The van der Waals surface area contributed by atoms with Gasteiger partial charge in [-0.25, -0.2) is 0 Å². The van der Waals surface area contributed by atoms with Gasteiger partial charge in [0.2, 0.25) is 5.91 Å². The van der Waals surface area contributed by atoms with Crippen molar-refractivity contribution >= 4 is 5.91 Å². The molecule has 3 fully saturated rings. The average molecular weight is 431 g/mol. The first-order valence-electron chi connectivity index (χ1n) is 12.0. The summed E-state index contributed by atoms with van der Waals surface area (Å²) in [6.07, 6.45) is 10.00. The molecule has 2 saturated carbocycles. The molecular formula is C25H38N2O4. The van der Waals surface area contributed by atoms with E-state index < -0.39 is 0 Å². The number of aliphatic hydroxyl groups is 1. The Morgan fingerprint density at radius 1 is 1.13 bits per heavy atom. The minimum atomic E-state index is -0.273. The molecule has 1 amide bonds. The first-order chi connectivity index (χ1) is 15.2. The summed E-state index contributed by atoms with van der Waals surface area (Å²) >= 11 is 0. The molecule has 0 unspecified atom stereocenters. The van der Waals surface area contributed by atoms with Crippen molar-refractivity contribution in [2.45, 2.75) is 82.5 Å². The lowest BCUT2D eigenvalue weighted by molar-refractivity contribution is -0.144. The van der Waals surface area contributed by atoms with Crippen LogP contribution in [0.4, 0.5) is 0 Å². The SMILES string of the molecule is COc1ccc(CN(C2CC2)[C@H](CCO)C(=O)N2CCC[C@H]3CCCC[C@@H]32)c(OC)c1. The molecule has 1 aliphatic heterocycles. The average Bonchev–Trinajstić information content (AvgIpc) is 3.66. The molecule has 1 saturated heterocycles. The number of benzene rings is 1. The maximum Gasteiger partial charge on any atom is 0.240 e. The van der Waals surface area contributed by atoms with Crippen LogP contribution in [0.15, 0.2) is 18.2 Å². The van der Waals surface area contributed by atoms with Crippen LogP contribution in [0.3, 0.4) is 0 Å². The van der Waals surface area contributed by atoms with E-state index in [1.807, 2.05) is 18.2 Å². The van der Waals surface area contributed by atoms with Gasteiger partial charge < -0.3 is 19.5 Å². The number of carbonyl (C=O) groups excluding carboxylic acids is 1. The first kappa shape index (κ1) is 22.4. The van der Waals surface area contributed by atoms with Crippen molar-refractivity contribution < 1.29 is 19.4 Å². The van der Waals surface area contributed by atoms with Crippen molar-refractivity contribution in [1.82, 2.24) is 9.80 Å². The third-order valence-corrected chi connectivity index (χ3v) is 7.48. The first-order valence-corrected chi connectivity index (χ1v) is 12.0. The van der Waals surface area contributed by atoms with E-state index in [-0.39, 0.29) is 18.6 Å². The van der Waals surface area contributed by atoms with E-state index in [1.165, 1.54) is 25.7 Å². The van der Waals surface area contributed by atoms with Crippen molar-refractivity contribution in [1.29, 1.82) is 0 Å². The Morgan fingerprint density at radius 2 is 1.90 bits per heavy atom. The number of methoxy groups -OCH3 is 2. The number of likely N-dealkylation sites (tertiary alicyclic amines) is 1. The van der Waals surface area contributed by atoms with Crippen molar-refractivity contribution in [3.05, 3.63) is 23.8 Å². The van der Waals surface area contributed by atoms with Gasteiger partial charge in [-0.3, -0.25) is 9.69 Å². The highest BCUT2D eigenvalue weighted by atomic mass is 16.5. The molecule has 1 heterocycles. The number of ether oxygens (including phenoxy) is 2. The highest BCUT2D eigenvalue weighted by Crippen LogP contribution is 2.38. The number of piperidine rings is 1. The van der Waals surface area contributed by atoms with Crippen LogP contribution in [-0.2, 0) is 11.3 Å². The molecule has 1 aromatic carbocycles. The Bertz CT molecular complexity index is 749. The van der Waals surface area contributed by atoms with Crippen LogP contribution in [0.25, 0.3) is 0 Å². The molecular weight excluding hydrogens is 392 g/mol. The highest BCUT2D eigenvalue weighted by molar-refractivity contribution is 5.82. The standard InChI is InChI=1S/C25H38N2O4/c1-30-21-12-9-19(24(16-21)31-2)17-27(20-10-11-20)23(13-15-28)25(29)26-14-5-7-18-6-3-4-8-22(18)26/h9,12,16,18,20,22-23,28H,3-8,10-11,13-15,17H2,1-2H3/t18-,22+,23-/m1/s1. The number of nitrogens with zero attached hydrogens (tertiary/aromatic N) is 2. The van der Waals surface area contributed by atoms with E-state index in [9.17, 15) is 9.90 Å². The smallest absolute Gasteiger partial charge is 0.240 e. The van der Waals surface area contributed by atoms with Crippen LogP contribution < -0.4 is 9.47 Å². The van der Waals surface area contributed by atoms with E-state index in [0.29, 0.717) is 31.0 Å². The number of hydrogen-bond acceptors (Lipinski definition) is 5. The predicted octanol–water partition coefficient (Wildman–Crippen LogP) is 3.60. The number of aliphatic hydroxyl groups excluding tert-OH is 1. The van der Waals surface area contributed by atoms with Gasteiger partial charge in [0, 0.05) is 43.4 Å². The van der Waals surface area contributed by atoms with Gasteiger partial charge in [0.15, 0.2) is 0 Å². The molecule has 0 radical (unpaired) electrons. The monoisotopic (exact) mass is 430 g/mol. The molecule has 6 heteroatoms. The van der Waals surface area contributed by atoms with Gasteiger partial charge in [-0.2, -0.15) is 0 Å². The van der Waals surface area contributed by atoms with Gasteiger partial charge in [0.05, 0.1) is 20.3 Å². The Kier molecular flexibility index (Phi) is 7.39. The third-order valence-electron chi connectivity index (χ3n) is 7.48. The molecule has 6 nitrogen and oxygen atoms in total. The summed E-state index contributed by atoms with van der Waals surface area (Å²) in [7, 11) is 3.32. The van der Waals surface area contributed by atoms with E-state index in [0.717, 1.165) is 49.3 Å². The number of hydrogen-bond donors (Lipinski definition) is 1. The summed E-state index contributed by atoms with van der Waals surface area (Å²) in [5.41, 5.74) is 1.06. The van der Waals surface area contributed by atoms with Gasteiger partial charge in [0.1, 0.15) is 11.5 Å². The molecule has 2 aliphatic carbocycles. The molecule has 172 valence electrons. The molecule has 0 aromatic heterocycles. The lowest BCUT2D eigenvalue weighted by Crippen LogP contribution is -2.56. The minimum Gasteiger partial charge on any atom is -0.497 e. The van der Waals surface area contributed by atoms with E-state index in [4.69, 9.17) is 9.47 Å². The summed E-state index contributed by atoms with van der Waals surface area (Å²) < 4.78 is 11.0. The van der Waals surface area contributed by atoms with Crippen molar-refractivity contribution in [3.63, 3.8) is 0 Å². The second kappa shape index (κ2) is 10.2. The summed E-state index contributed by atoms with van der Waals surface area (Å²) in [5.74, 6) is 2.44. The number of amides is 1. The normalized spacial score (nSPS) is 24.6. The van der Waals surface area contributed by atoms with Crippen molar-refractivity contribution in [2.24, 2.45) is 5.92 Å². The lowest BCUT2D eigenvalue weighted by Gasteiger charge is -2.46. The van der Waals surface area contributed by atoms with Gasteiger partial charge in [-0.1, -0.05) is 18.9 Å². The molecule has 31 heavy (non-hydrogen) atoms. The van der Waals surface area contributed by atoms with Crippen LogP contribution in [0, 0.1) is 5.92 Å². The topological polar surface area (TPSA) is 62.2 Å². The molecule has 0 spiro atoms. The number of rotatable bonds is 9. The van der Waals surface area contributed by atoms with Crippen LogP contribution in [0.2, 0.25) is 0 Å². The van der Waals surface area contributed by atoms with Gasteiger partial charge in [-0.15, -0.1) is 0 Å². The fourth-order valence-electron chi connectivity index (χ4n) is 5.72. The Balaban J connectivity index is 1.56. The molecule has 1 aromatic rings. The fourth-order valence-corrected chi connectivity index (χ4v) is 5.72. The zero-order valence-electron chi connectivity index (χ0n) is 19.1. The minimum absolute atomic E-state index is 0.0291. The summed E-state index contributed by atoms with van der Waals surface area (Å²) in [5, 5.41) is 9.86. The second-order valence-corrected chi connectivity index (χ2v) is 9.40. The second-order valence-electron chi connectivity index (χ2n) is 9.40. The van der Waals surface area contributed by atoms with E-state index in [1.54, 1.807) is 14.2 Å². The zero-order chi connectivity index (χ0) is 21.8. The maximum absolute atomic E-state index is 13.9. The van der Waals surface area contributed by atoms with E-state index in [2.05, 4.69) is 9.80 Å². The van der Waals surface area contributed by atoms with Crippen molar-refractivity contribution in [3.8, 4) is 11.5 Å². The number of carbonyl (C=O) groups is 1. The molecule has 3 aliphatic rings. The van der Waals surface area contributed by atoms with Crippen LogP contribution in [0.5, 0.6) is 11.5 Å². The van der Waals surface area contributed by atoms with Crippen molar-refractivity contribution in [2.75, 3.05) is 27.4 Å². The summed E-state index contributed by atoms with van der Waals surface area (Å²) in [4.78, 5) is 18.4. The number of fused-ring (bicyclic) bond motifs is 1. The molecule has 3 atom stereocenters. The van der Waals surface area contributed by atoms with Crippen LogP contribution in [-0.4, -0.2) is 66.3 Å². The third kappa shape index (κ3) is 5.01. The predicted molar refractivity (Wildman–Crippen MR) is 120 cm³/mol. The van der Waals surface area contributed by atoms with Crippen LogP contribution in [0.1, 0.15) is 63.4 Å². The highest BCUT2D eigenvalue weighted by Gasteiger charge is 2.43. The Hall–Kier alpha value is -1.79. The van der Waals surface area contributed by atoms with Gasteiger partial charge in [-0.05, 0) is 56.9 Å². The molecule has 4 rings (SSSR count).